The van der Waals surface area contributed by atoms with E-state index in [0.29, 0.717) is 30.7 Å². The average Bonchev–Trinajstić information content (AvgIpc) is 2.86. The zero-order valence-corrected chi connectivity index (χ0v) is 11.3. The molecule has 7 nitrogen and oxygen atoms in total. The molecule has 108 valence electrons. The molecule has 1 aliphatic rings. The highest BCUT2D eigenvalue weighted by molar-refractivity contribution is 5.48. The highest BCUT2D eigenvalue weighted by Gasteiger charge is 2.13. The minimum Gasteiger partial charge on any atom is -0.376 e. The topological polar surface area (TPSA) is 84.3 Å². The van der Waals surface area contributed by atoms with Crippen molar-refractivity contribution >= 4 is 11.5 Å². The van der Waals surface area contributed by atoms with Crippen LogP contribution in [0.1, 0.15) is 32.1 Å². The quantitative estimate of drug-likeness (QED) is 0.802. The van der Waals surface area contributed by atoms with Crippen LogP contribution in [0.4, 0.5) is 5.82 Å². The van der Waals surface area contributed by atoms with Gasteiger partial charge in [0.1, 0.15) is 12.1 Å². The standard InChI is InChI=1S/C13H19N5O2/c19-13-17-16-12-8-11(15-9-18(12)13)14-6-7-20-10-4-2-1-3-5-10/h8-10,14H,1-7H2,(H,17,19). The second-order valence-electron chi connectivity index (χ2n) is 5.09. The van der Waals surface area contributed by atoms with Gasteiger partial charge < -0.3 is 10.1 Å². The van der Waals surface area contributed by atoms with Crippen molar-refractivity contribution in [1.82, 2.24) is 19.6 Å². The van der Waals surface area contributed by atoms with Crippen LogP contribution >= 0.6 is 0 Å². The Kier molecular flexibility index (Phi) is 3.96. The van der Waals surface area contributed by atoms with Crippen molar-refractivity contribution in [2.75, 3.05) is 18.5 Å². The number of ether oxygens (including phenoxy) is 1. The highest BCUT2D eigenvalue weighted by atomic mass is 16.5. The monoisotopic (exact) mass is 277 g/mol. The predicted octanol–water partition coefficient (Wildman–Crippen LogP) is 1.18. The Morgan fingerprint density at radius 3 is 3.10 bits per heavy atom. The van der Waals surface area contributed by atoms with Crippen LogP contribution in [-0.2, 0) is 4.74 Å². The van der Waals surface area contributed by atoms with E-state index in [4.69, 9.17) is 4.74 Å². The van der Waals surface area contributed by atoms with Crippen molar-refractivity contribution in [3.05, 3.63) is 22.9 Å². The maximum Gasteiger partial charge on any atom is 0.348 e. The van der Waals surface area contributed by atoms with Gasteiger partial charge in [-0.25, -0.2) is 19.3 Å². The van der Waals surface area contributed by atoms with E-state index in [2.05, 4.69) is 20.5 Å². The molecule has 0 spiro atoms. The fourth-order valence-electron chi connectivity index (χ4n) is 2.54. The number of fused-ring (bicyclic) bond motifs is 1. The molecule has 0 bridgehead atoms. The summed E-state index contributed by atoms with van der Waals surface area (Å²) in [6, 6.07) is 1.73. The molecule has 2 aromatic heterocycles. The van der Waals surface area contributed by atoms with Gasteiger partial charge in [-0.05, 0) is 12.8 Å². The first-order chi connectivity index (χ1) is 9.83. The van der Waals surface area contributed by atoms with Gasteiger partial charge in [-0.3, -0.25) is 0 Å². The maximum atomic E-state index is 11.3. The van der Waals surface area contributed by atoms with Crippen LogP contribution in [0.15, 0.2) is 17.2 Å². The lowest BCUT2D eigenvalue weighted by atomic mass is 9.98. The molecule has 7 heteroatoms. The summed E-state index contributed by atoms with van der Waals surface area (Å²) in [6.07, 6.45) is 8.15. The largest absolute Gasteiger partial charge is 0.376 e. The van der Waals surface area contributed by atoms with Crippen molar-refractivity contribution in [3.8, 4) is 0 Å². The number of anilines is 1. The zero-order valence-electron chi connectivity index (χ0n) is 11.3. The molecule has 0 atom stereocenters. The van der Waals surface area contributed by atoms with Crippen LogP contribution in [0.5, 0.6) is 0 Å². The SMILES string of the molecule is O=c1[nH]nc2cc(NCCOC3CCCCC3)ncn12. The number of rotatable bonds is 5. The Morgan fingerprint density at radius 1 is 1.40 bits per heavy atom. The predicted molar refractivity (Wildman–Crippen MR) is 74.9 cm³/mol. The Morgan fingerprint density at radius 2 is 2.25 bits per heavy atom. The van der Waals surface area contributed by atoms with E-state index in [1.807, 2.05) is 0 Å². The molecule has 0 aromatic carbocycles. The Balaban J connectivity index is 1.48. The number of hydrogen-bond donors (Lipinski definition) is 2. The fourth-order valence-corrected chi connectivity index (χ4v) is 2.54. The van der Waals surface area contributed by atoms with Gasteiger partial charge in [0.05, 0.1) is 12.7 Å². The minimum absolute atomic E-state index is 0.278. The van der Waals surface area contributed by atoms with Crippen LogP contribution < -0.4 is 11.0 Å². The summed E-state index contributed by atoms with van der Waals surface area (Å²) in [4.78, 5) is 15.5. The third-order valence-electron chi connectivity index (χ3n) is 3.62. The van der Waals surface area contributed by atoms with Gasteiger partial charge in [-0.1, -0.05) is 19.3 Å². The number of H-pyrrole nitrogens is 1. The van der Waals surface area contributed by atoms with Gasteiger partial charge in [-0.15, -0.1) is 0 Å². The molecular weight excluding hydrogens is 258 g/mol. The molecule has 1 saturated carbocycles. The van der Waals surface area contributed by atoms with Crippen molar-refractivity contribution in [2.45, 2.75) is 38.2 Å². The molecule has 2 N–H and O–H groups in total. The summed E-state index contributed by atoms with van der Waals surface area (Å²) in [6.45, 7) is 1.37. The van der Waals surface area contributed by atoms with E-state index >= 15 is 0 Å². The summed E-state index contributed by atoms with van der Waals surface area (Å²) in [5.74, 6) is 0.698. The second kappa shape index (κ2) is 6.04. The van der Waals surface area contributed by atoms with Crippen molar-refractivity contribution in [3.63, 3.8) is 0 Å². The van der Waals surface area contributed by atoms with Crippen LogP contribution in [0.3, 0.4) is 0 Å². The average molecular weight is 277 g/mol. The molecule has 0 saturated heterocycles. The molecule has 1 aliphatic carbocycles. The van der Waals surface area contributed by atoms with E-state index in [0.717, 1.165) is 0 Å². The summed E-state index contributed by atoms with van der Waals surface area (Å²) >= 11 is 0. The molecule has 2 heterocycles. The number of nitrogens with one attached hydrogen (secondary N) is 2. The van der Waals surface area contributed by atoms with Crippen molar-refractivity contribution in [1.29, 1.82) is 0 Å². The molecule has 3 rings (SSSR count). The molecule has 0 unspecified atom stereocenters. The van der Waals surface area contributed by atoms with Crippen molar-refractivity contribution in [2.24, 2.45) is 0 Å². The maximum absolute atomic E-state index is 11.3. The first kappa shape index (κ1) is 13.1. The summed E-state index contributed by atoms with van der Waals surface area (Å²) in [5.41, 5.74) is 0.278. The van der Waals surface area contributed by atoms with Gasteiger partial charge in [-0.2, -0.15) is 5.10 Å². The van der Waals surface area contributed by atoms with Gasteiger partial charge in [0, 0.05) is 12.6 Å². The number of aromatic nitrogens is 4. The van der Waals surface area contributed by atoms with Crippen LogP contribution in [-0.4, -0.2) is 38.8 Å². The van der Waals surface area contributed by atoms with Gasteiger partial charge in [0.2, 0.25) is 0 Å². The van der Waals surface area contributed by atoms with E-state index in [1.165, 1.54) is 42.8 Å². The molecule has 0 radical (unpaired) electrons. The normalized spacial score (nSPS) is 16.6. The summed E-state index contributed by atoms with van der Waals surface area (Å²) in [5, 5.41) is 9.45. The summed E-state index contributed by atoms with van der Waals surface area (Å²) < 4.78 is 7.19. The van der Waals surface area contributed by atoms with Crippen molar-refractivity contribution < 1.29 is 4.74 Å². The van der Waals surface area contributed by atoms with E-state index in [1.54, 1.807) is 6.07 Å². The van der Waals surface area contributed by atoms with E-state index < -0.39 is 0 Å². The lowest BCUT2D eigenvalue weighted by Gasteiger charge is -2.22. The fraction of sp³-hybridized carbons (Fsp3) is 0.615. The molecular formula is C13H19N5O2. The Hall–Kier alpha value is -1.89. The first-order valence-electron chi connectivity index (χ1n) is 7.11. The highest BCUT2D eigenvalue weighted by Crippen LogP contribution is 2.19. The van der Waals surface area contributed by atoms with Crippen LogP contribution in [0, 0.1) is 0 Å². The van der Waals surface area contributed by atoms with Crippen LogP contribution in [0.25, 0.3) is 5.65 Å². The smallest absolute Gasteiger partial charge is 0.348 e. The number of aromatic amines is 1. The molecule has 20 heavy (non-hydrogen) atoms. The van der Waals surface area contributed by atoms with Gasteiger partial charge >= 0.3 is 5.69 Å². The minimum atomic E-state index is -0.278. The van der Waals surface area contributed by atoms with E-state index in [9.17, 15) is 4.79 Å². The molecule has 0 amide bonds. The molecule has 2 aromatic rings. The molecule has 0 aliphatic heterocycles. The van der Waals surface area contributed by atoms with Gasteiger partial charge in [0.25, 0.3) is 0 Å². The third-order valence-corrected chi connectivity index (χ3v) is 3.62. The second-order valence-corrected chi connectivity index (χ2v) is 5.09. The van der Waals surface area contributed by atoms with Gasteiger partial charge in [0.15, 0.2) is 5.65 Å². The van der Waals surface area contributed by atoms with Crippen LogP contribution in [0.2, 0.25) is 0 Å². The van der Waals surface area contributed by atoms with E-state index in [-0.39, 0.29) is 5.69 Å². The number of nitrogens with zero attached hydrogens (tertiary/aromatic N) is 3. The molecule has 1 fully saturated rings. The number of hydrogen-bond acceptors (Lipinski definition) is 5. The first-order valence-corrected chi connectivity index (χ1v) is 7.11. The third kappa shape index (κ3) is 2.98. The zero-order chi connectivity index (χ0) is 13.8. The Labute approximate surface area is 116 Å². The lowest BCUT2D eigenvalue weighted by Crippen LogP contribution is -2.20. The Bertz CT molecular complexity index is 614. The lowest BCUT2D eigenvalue weighted by molar-refractivity contribution is 0.0347. The summed E-state index contributed by atoms with van der Waals surface area (Å²) in [7, 11) is 0.